The van der Waals surface area contributed by atoms with Crippen LogP contribution in [0.3, 0.4) is 0 Å². The van der Waals surface area contributed by atoms with Crippen LogP contribution in [0.2, 0.25) is 0 Å². The Balaban J connectivity index is 1.82. The number of nitrogens with one attached hydrogen (secondary N) is 1. The van der Waals surface area contributed by atoms with Crippen LogP contribution in [0.15, 0.2) is 4.99 Å². The summed E-state index contributed by atoms with van der Waals surface area (Å²) in [6.45, 7) is 13.8. The third-order valence-electron chi connectivity index (χ3n) is 4.16. The minimum absolute atomic E-state index is 0.311. The van der Waals surface area contributed by atoms with Gasteiger partial charge in [0, 0.05) is 56.3 Å². The van der Waals surface area contributed by atoms with E-state index in [0.717, 1.165) is 51.9 Å². The number of rotatable bonds is 3. The second-order valence-corrected chi connectivity index (χ2v) is 8.26. The Morgan fingerprint density at radius 2 is 2.05 bits per heavy atom. The predicted octanol–water partition coefficient (Wildman–Crippen LogP) is 1.11. The Labute approximate surface area is 133 Å². The van der Waals surface area contributed by atoms with Crippen molar-refractivity contribution < 1.29 is 4.74 Å². The van der Waals surface area contributed by atoms with Crippen molar-refractivity contribution in [2.75, 3.05) is 58.7 Å². The Kier molecular flexibility index (Phi) is 6.20. The molecule has 0 aliphatic carbocycles. The molecular formula is C15H30N4OS. The Morgan fingerprint density at radius 3 is 2.67 bits per heavy atom. The molecule has 2 aliphatic heterocycles. The molecule has 0 bridgehead atoms. The number of aliphatic imine (C=N–C) groups is 1. The van der Waals surface area contributed by atoms with E-state index >= 15 is 0 Å². The van der Waals surface area contributed by atoms with Gasteiger partial charge in [0.25, 0.3) is 0 Å². The number of ether oxygens (including phenoxy) is 1. The highest BCUT2D eigenvalue weighted by molar-refractivity contribution is 8.00. The minimum Gasteiger partial charge on any atom is -0.379 e. The first kappa shape index (κ1) is 16.9. The zero-order valence-corrected chi connectivity index (χ0v) is 14.7. The molecule has 1 N–H and O–H groups in total. The zero-order valence-electron chi connectivity index (χ0n) is 13.9. The lowest BCUT2D eigenvalue weighted by Gasteiger charge is -2.40. The van der Waals surface area contributed by atoms with Crippen molar-refractivity contribution >= 4 is 17.7 Å². The van der Waals surface area contributed by atoms with E-state index in [9.17, 15) is 0 Å². The Hall–Kier alpha value is -0.460. The van der Waals surface area contributed by atoms with Crippen molar-refractivity contribution in [3.63, 3.8) is 0 Å². The minimum atomic E-state index is 0.311. The number of hydrogen-bond donors (Lipinski definition) is 1. The lowest BCUT2D eigenvalue weighted by molar-refractivity contribution is 0.0210. The first-order chi connectivity index (χ1) is 10.0. The summed E-state index contributed by atoms with van der Waals surface area (Å²) in [5.74, 6) is 2.22. The summed E-state index contributed by atoms with van der Waals surface area (Å²) in [4.78, 5) is 9.35. The highest BCUT2D eigenvalue weighted by Crippen LogP contribution is 2.29. The van der Waals surface area contributed by atoms with E-state index < -0.39 is 0 Å². The first-order valence-electron chi connectivity index (χ1n) is 7.93. The molecule has 21 heavy (non-hydrogen) atoms. The van der Waals surface area contributed by atoms with E-state index in [4.69, 9.17) is 4.74 Å². The highest BCUT2D eigenvalue weighted by atomic mass is 32.2. The topological polar surface area (TPSA) is 40.1 Å². The number of thioether (sulfide) groups is 1. The molecule has 122 valence electrons. The summed E-state index contributed by atoms with van der Waals surface area (Å²) in [6.07, 6.45) is 0. The number of guanidine groups is 1. The van der Waals surface area contributed by atoms with Gasteiger partial charge in [-0.3, -0.25) is 9.89 Å². The highest BCUT2D eigenvalue weighted by Gasteiger charge is 2.29. The SMILES string of the molecule is CN=C(NCC(C)N1CCOCC1)N1CCSC(C)(C)C1. The van der Waals surface area contributed by atoms with Crippen molar-refractivity contribution in [3.05, 3.63) is 0 Å². The van der Waals surface area contributed by atoms with Gasteiger partial charge in [-0.25, -0.2) is 0 Å². The third-order valence-corrected chi connectivity index (χ3v) is 5.46. The van der Waals surface area contributed by atoms with Crippen molar-refractivity contribution in [1.82, 2.24) is 15.1 Å². The van der Waals surface area contributed by atoms with Gasteiger partial charge in [-0.05, 0) is 20.8 Å². The van der Waals surface area contributed by atoms with Gasteiger partial charge in [0.2, 0.25) is 0 Å². The van der Waals surface area contributed by atoms with Crippen molar-refractivity contribution in [2.45, 2.75) is 31.6 Å². The number of hydrogen-bond acceptors (Lipinski definition) is 4. The molecule has 2 aliphatic rings. The van der Waals surface area contributed by atoms with E-state index in [1.807, 2.05) is 7.05 Å². The summed E-state index contributed by atoms with van der Waals surface area (Å²) in [7, 11) is 1.89. The van der Waals surface area contributed by atoms with E-state index in [1.54, 1.807) is 0 Å². The molecule has 2 heterocycles. The molecule has 0 aromatic rings. The molecule has 2 rings (SSSR count). The summed E-state index contributed by atoms with van der Waals surface area (Å²) in [5, 5.41) is 3.56. The molecule has 1 unspecified atom stereocenters. The second-order valence-electron chi connectivity index (χ2n) is 6.46. The van der Waals surface area contributed by atoms with Crippen LogP contribution < -0.4 is 5.32 Å². The average Bonchev–Trinajstić information content (AvgIpc) is 2.47. The maximum absolute atomic E-state index is 5.42. The largest absolute Gasteiger partial charge is 0.379 e. The van der Waals surface area contributed by atoms with Crippen LogP contribution in [0.4, 0.5) is 0 Å². The van der Waals surface area contributed by atoms with Crippen molar-refractivity contribution in [3.8, 4) is 0 Å². The summed E-state index contributed by atoms with van der Waals surface area (Å²) in [5.41, 5.74) is 0. The van der Waals surface area contributed by atoms with Gasteiger partial charge in [-0.2, -0.15) is 11.8 Å². The quantitative estimate of drug-likeness (QED) is 0.624. The predicted molar refractivity (Wildman–Crippen MR) is 91.3 cm³/mol. The molecule has 2 saturated heterocycles. The normalized spacial score (nSPS) is 25.7. The maximum atomic E-state index is 5.42. The molecule has 6 heteroatoms. The Morgan fingerprint density at radius 1 is 1.33 bits per heavy atom. The number of morpholine rings is 1. The first-order valence-corrected chi connectivity index (χ1v) is 8.92. The van der Waals surface area contributed by atoms with Gasteiger partial charge in [-0.1, -0.05) is 0 Å². The molecule has 1 atom stereocenters. The summed E-state index contributed by atoms with van der Waals surface area (Å²) in [6, 6.07) is 0.512. The molecule has 0 amide bonds. The summed E-state index contributed by atoms with van der Waals surface area (Å²) < 4.78 is 5.73. The van der Waals surface area contributed by atoms with Crippen LogP contribution in [0.25, 0.3) is 0 Å². The van der Waals surface area contributed by atoms with Gasteiger partial charge >= 0.3 is 0 Å². The smallest absolute Gasteiger partial charge is 0.193 e. The van der Waals surface area contributed by atoms with Gasteiger partial charge in [-0.15, -0.1) is 0 Å². The van der Waals surface area contributed by atoms with Crippen LogP contribution in [0.1, 0.15) is 20.8 Å². The zero-order chi connectivity index (χ0) is 15.3. The fraction of sp³-hybridized carbons (Fsp3) is 0.933. The molecular weight excluding hydrogens is 284 g/mol. The van der Waals surface area contributed by atoms with Crippen LogP contribution in [-0.2, 0) is 4.74 Å². The summed E-state index contributed by atoms with van der Waals surface area (Å²) >= 11 is 2.05. The molecule has 0 radical (unpaired) electrons. The van der Waals surface area contributed by atoms with Crippen molar-refractivity contribution in [2.24, 2.45) is 4.99 Å². The second kappa shape index (κ2) is 7.70. The third kappa shape index (κ3) is 5.04. The van der Waals surface area contributed by atoms with E-state index in [-0.39, 0.29) is 0 Å². The molecule has 0 aromatic heterocycles. The average molecular weight is 314 g/mol. The van der Waals surface area contributed by atoms with Crippen LogP contribution >= 0.6 is 11.8 Å². The lowest BCUT2D eigenvalue weighted by atomic mass is 10.2. The fourth-order valence-electron chi connectivity index (χ4n) is 2.92. The van der Waals surface area contributed by atoms with Gasteiger partial charge < -0.3 is 15.0 Å². The molecule has 0 saturated carbocycles. The number of nitrogens with zero attached hydrogens (tertiary/aromatic N) is 3. The van der Waals surface area contributed by atoms with Gasteiger partial charge in [0.1, 0.15) is 0 Å². The van der Waals surface area contributed by atoms with E-state index in [1.165, 1.54) is 5.75 Å². The lowest BCUT2D eigenvalue weighted by Crippen LogP contribution is -2.54. The molecule has 0 aromatic carbocycles. The molecule has 5 nitrogen and oxygen atoms in total. The molecule has 0 spiro atoms. The van der Waals surface area contributed by atoms with Crippen LogP contribution in [0, 0.1) is 0 Å². The molecule has 2 fully saturated rings. The standard InChI is InChI=1S/C15H30N4OS/c1-13(18-5-8-20-9-6-18)11-17-14(16-4)19-7-10-21-15(2,3)12-19/h13H,5-12H2,1-4H3,(H,16,17). The van der Waals surface area contributed by atoms with Crippen molar-refractivity contribution in [1.29, 1.82) is 0 Å². The van der Waals surface area contributed by atoms with Gasteiger partial charge in [0.05, 0.1) is 13.2 Å². The fourth-order valence-corrected chi connectivity index (χ4v) is 4.03. The Bertz CT molecular complexity index is 356. The monoisotopic (exact) mass is 314 g/mol. The van der Waals surface area contributed by atoms with Crippen LogP contribution in [0.5, 0.6) is 0 Å². The van der Waals surface area contributed by atoms with E-state index in [0.29, 0.717) is 10.8 Å². The maximum Gasteiger partial charge on any atom is 0.193 e. The van der Waals surface area contributed by atoms with E-state index in [2.05, 4.69) is 52.6 Å². The van der Waals surface area contributed by atoms with Gasteiger partial charge in [0.15, 0.2) is 5.96 Å². The van der Waals surface area contributed by atoms with Crippen LogP contribution in [-0.4, -0.2) is 85.3 Å².